The lowest BCUT2D eigenvalue weighted by Gasteiger charge is -2.37. The number of halogens is 2. The van der Waals surface area contributed by atoms with Gasteiger partial charge in [-0.05, 0) is 106 Å². The number of amides is 1. The molecule has 3 aliphatic rings. The number of carbonyl (C=O) groups excluding carboxylic acids is 2. The summed E-state index contributed by atoms with van der Waals surface area (Å²) in [4.78, 5) is 42.9. The number of hydrogen-bond donors (Lipinski definition) is 5. The van der Waals surface area contributed by atoms with Gasteiger partial charge in [-0.25, -0.2) is 27.6 Å². The molecule has 0 spiro atoms. The van der Waals surface area contributed by atoms with Crippen molar-refractivity contribution in [2.24, 2.45) is 5.92 Å². The van der Waals surface area contributed by atoms with Gasteiger partial charge in [0.1, 0.15) is 42.5 Å². The summed E-state index contributed by atoms with van der Waals surface area (Å²) in [6.45, 7) is 8.26. The van der Waals surface area contributed by atoms with Crippen molar-refractivity contribution in [2.75, 3.05) is 62.8 Å². The van der Waals surface area contributed by atoms with E-state index in [0.29, 0.717) is 42.9 Å². The first-order valence-corrected chi connectivity index (χ1v) is 24.0. The van der Waals surface area contributed by atoms with Gasteiger partial charge >= 0.3 is 17.8 Å². The largest absolute Gasteiger partial charge is 0.493 e. The molecule has 3 fully saturated rings. The molecular formula is C49H63F2N10O10+. The number of nitrogens with one attached hydrogen (secondary N) is 2. The number of carbonyl (C=O) groups is 2. The highest BCUT2D eigenvalue weighted by Gasteiger charge is 2.48. The summed E-state index contributed by atoms with van der Waals surface area (Å²) in [7, 11) is 1.54. The van der Waals surface area contributed by atoms with Crippen LogP contribution in [0.2, 0.25) is 0 Å². The molecule has 2 aromatic heterocycles. The molecule has 4 heterocycles. The molecule has 0 bridgehead atoms. The number of benzene rings is 3. The minimum absolute atomic E-state index is 0.0418. The topological polar surface area (TPSA) is 224 Å². The molecule has 1 saturated carbocycles. The van der Waals surface area contributed by atoms with Gasteiger partial charge in [-0.2, -0.15) is 9.67 Å². The van der Waals surface area contributed by atoms with Crippen LogP contribution in [0.4, 0.5) is 25.0 Å². The maximum Gasteiger partial charge on any atom is 0.412 e. The third-order valence-corrected chi connectivity index (χ3v) is 13.8. The zero-order valence-electron chi connectivity index (χ0n) is 40.2. The number of aliphatic hydroxyl groups excluding tert-OH is 3. The van der Waals surface area contributed by atoms with Crippen LogP contribution in [-0.4, -0.2) is 135 Å². The molecule has 20 nitrogen and oxygen atoms in total. The molecule has 5 aromatic rings. The number of rotatable bonds is 19. The SMILES string of the molecule is CC[C@@H]([C@H](C)O)n1ncn(-c2ccc(N3CCN(c4ccc(OC[C@@H]5CC[C@@](Cn6c[n+](C(C)OC(=O)NC7O[C@H](CO)[C@H](O)[C@H]7OC(=O)CNC)cn6)(c6ccc(F)cc6F)C5)cc4)CC3)cc2)c1=O. The van der Waals surface area contributed by atoms with Crippen LogP contribution in [0.5, 0.6) is 5.75 Å². The molecule has 382 valence electrons. The second-order valence-electron chi connectivity index (χ2n) is 18.5. The Morgan fingerprint density at radius 3 is 2.30 bits per heavy atom. The Bertz CT molecular complexity index is 2640. The van der Waals surface area contributed by atoms with E-state index in [2.05, 4.69) is 30.6 Å². The second-order valence-corrected chi connectivity index (χ2v) is 18.5. The van der Waals surface area contributed by atoms with E-state index in [1.54, 1.807) is 31.9 Å². The fourth-order valence-corrected chi connectivity index (χ4v) is 9.98. The molecule has 2 unspecified atom stereocenters. The van der Waals surface area contributed by atoms with E-state index < -0.39 is 78.6 Å². The van der Waals surface area contributed by atoms with Crippen LogP contribution in [0.25, 0.3) is 5.69 Å². The normalized spacial score (nSPS) is 23.6. The van der Waals surface area contributed by atoms with Gasteiger partial charge in [-0.15, -0.1) is 4.68 Å². The van der Waals surface area contributed by atoms with Crippen molar-refractivity contribution < 1.29 is 57.2 Å². The number of ether oxygens (including phenoxy) is 4. The quantitative estimate of drug-likeness (QED) is 0.0593. The summed E-state index contributed by atoms with van der Waals surface area (Å²) in [6, 6.07) is 19.1. The highest BCUT2D eigenvalue weighted by Crippen LogP contribution is 2.46. The molecule has 8 rings (SSSR count). The number of nitrogens with zero attached hydrogens (tertiary/aromatic N) is 8. The van der Waals surface area contributed by atoms with Gasteiger partial charge in [0.2, 0.25) is 12.6 Å². The molecule has 1 aliphatic carbocycles. The predicted molar refractivity (Wildman–Crippen MR) is 253 cm³/mol. The Kier molecular flexibility index (Phi) is 16.0. The summed E-state index contributed by atoms with van der Waals surface area (Å²) >= 11 is 0. The van der Waals surface area contributed by atoms with Crippen molar-refractivity contribution in [1.29, 1.82) is 0 Å². The van der Waals surface area contributed by atoms with Gasteiger partial charge in [0, 0.05) is 61.1 Å². The maximum atomic E-state index is 15.6. The highest BCUT2D eigenvalue weighted by atomic mass is 19.1. The molecule has 22 heteroatoms. The summed E-state index contributed by atoms with van der Waals surface area (Å²) in [5.74, 6) is -1.28. The molecule has 71 heavy (non-hydrogen) atoms. The number of hydrogen-bond acceptors (Lipinski definition) is 15. The average molecular weight is 990 g/mol. The van der Waals surface area contributed by atoms with Crippen molar-refractivity contribution in [3.8, 4) is 11.4 Å². The number of aliphatic hydroxyl groups is 3. The number of piperazine rings is 1. The summed E-state index contributed by atoms with van der Waals surface area (Å²) in [5.41, 5.74) is 2.15. The molecule has 2 aliphatic heterocycles. The van der Waals surface area contributed by atoms with Gasteiger partial charge in [0.25, 0.3) is 6.33 Å². The zero-order chi connectivity index (χ0) is 50.4. The third-order valence-electron chi connectivity index (χ3n) is 13.8. The summed E-state index contributed by atoms with van der Waals surface area (Å²) in [6.07, 6.45) is -0.710. The van der Waals surface area contributed by atoms with Crippen molar-refractivity contribution in [3.63, 3.8) is 0 Å². The summed E-state index contributed by atoms with van der Waals surface area (Å²) < 4.78 is 58.5. The number of anilines is 2. The lowest BCUT2D eigenvalue weighted by molar-refractivity contribution is -0.753. The smallest absolute Gasteiger partial charge is 0.412 e. The highest BCUT2D eigenvalue weighted by molar-refractivity contribution is 5.72. The van der Waals surface area contributed by atoms with Gasteiger partial charge in [-0.3, -0.25) is 10.1 Å². The van der Waals surface area contributed by atoms with Gasteiger partial charge in [0.15, 0.2) is 12.3 Å². The Balaban J connectivity index is 0.842. The monoisotopic (exact) mass is 989 g/mol. The molecule has 1 amide bonds. The van der Waals surface area contributed by atoms with E-state index in [4.69, 9.17) is 18.9 Å². The van der Waals surface area contributed by atoms with E-state index in [-0.39, 0.29) is 24.7 Å². The second kappa shape index (κ2) is 22.3. The van der Waals surface area contributed by atoms with Crippen molar-refractivity contribution in [2.45, 2.75) is 101 Å². The minimum Gasteiger partial charge on any atom is -0.493 e. The van der Waals surface area contributed by atoms with E-state index in [1.807, 2.05) is 55.5 Å². The summed E-state index contributed by atoms with van der Waals surface area (Å²) in [5, 5.41) is 44.1. The predicted octanol–water partition coefficient (Wildman–Crippen LogP) is 2.73. The first-order valence-electron chi connectivity index (χ1n) is 24.0. The zero-order valence-corrected chi connectivity index (χ0v) is 40.2. The van der Waals surface area contributed by atoms with Crippen LogP contribution in [0.1, 0.15) is 64.3 Å². The number of aromatic nitrogens is 6. The van der Waals surface area contributed by atoms with Gasteiger partial charge < -0.3 is 49.4 Å². The van der Waals surface area contributed by atoms with Crippen LogP contribution in [0, 0.1) is 17.6 Å². The van der Waals surface area contributed by atoms with Crippen molar-refractivity contribution >= 4 is 23.4 Å². The average Bonchev–Trinajstić information content (AvgIpc) is 4.16. The lowest BCUT2D eigenvalue weighted by Crippen LogP contribution is -2.48. The molecule has 2 saturated heterocycles. The van der Waals surface area contributed by atoms with E-state index in [9.17, 15) is 34.1 Å². The molecule has 0 radical (unpaired) electrons. The van der Waals surface area contributed by atoms with Crippen LogP contribution in [0.3, 0.4) is 0 Å². The van der Waals surface area contributed by atoms with Gasteiger partial charge in [-0.1, -0.05) is 13.0 Å². The van der Waals surface area contributed by atoms with Gasteiger partial charge in [0.05, 0.1) is 37.6 Å². The number of alkyl carbamates (subject to hydrolysis) is 1. The molecule has 5 N–H and O–H groups in total. The fourth-order valence-electron chi connectivity index (χ4n) is 9.98. The molecule has 9 atom stereocenters. The maximum absolute atomic E-state index is 15.6. The first kappa shape index (κ1) is 50.9. The van der Waals surface area contributed by atoms with Crippen LogP contribution < -0.4 is 35.4 Å². The Morgan fingerprint density at radius 1 is 0.986 bits per heavy atom. The number of esters is 1. The van der Waals surface area contributed by atoms with Crippen molar-refractivity contribution in [1.82, 2.24) is 34.8 Å². The minimum atomic E-state index is -1.40. The molecular weight excluding hydrogens is 927 g/mol. The Hall–Kier alpha value is -6.46. The van der Waals surface area contributed by atoms with Crippen LogP contribution in [0.15, 0.2) is 90.5 Å². The third kappa shape index (κ3) is 11.5. The van der Waals surface area contributed by atoms with Crippen LogP contribution in [-0.2, 0) is 31.0 Å². The lowest BCUT2D eigenvalue weighted by atomic mass is 9.77. The Labute approximate surface area is 409 Å². The first-order chi connectivity index (χ1) is 34.2. The standard InChI is InChI=1S/C49H62F2N10O10/c1-5-41(31(2)63)61-48(67)60(29-54-61)37-9-7-35(8-10-37)56-18-20-57(21-19-56)36-11-13-38(14-12-36)68-26-33-16-17-49(23-33,39-15-6-34(50)22-40(39)51)27-59-30-58(28-53-59)32(3)69-47(66)55-46-45(71-43(64)24-52-4)44(65)42(25-62)70-46/h6-15,22,28-33,41-42,44-46,52,62-63,65H,5,16-21,23-27H2,1-4H3/p+1/t31-,32?,33+,41-,42+,44-,45+,46?,49+/m0/s1. The van der Waals surface area contributed by atoms with Crippen LogP contribution >= 0.6 is 0 Å². The fraction of sp³-hybridized carbons (Fsp3) is 0.510. The van der Waals surface area contributed by atoms with E-state index in [1.165, 1.54) is 38.6 Å². The van der Waals surface area contributed by atoms with E-state index in [0.717, 1.165) is 50.0 Å². The van der Waals surface area contributed by atoms with Crippen molar-refractivity contribution in [3.05, 3.63) is 113 Å². The Morgan fingerprint density at radius 2 is 1.66 bits per heavy atom. The molecule has 3 aromatic carbocycles. The van der Waals surface area contributed by atoms with E-state index >= 15 is 4.39 Å². The number of likely N-dealkylation sites (N-methyl/N-ethyl adjacent to an activating group) is 1.